The standard InChI is InChI=1S/C20H26N4O3/c25-19(18-6-4-14-27-18)24-13-9-16(15-24)5-2-1-3-10-22-20(26)23-17-7-11-21-12-8-17/h4,6-8,11-12,14,16H,1-3,5,9-10,13,15H2,(H2,21,22,23,26). The van der Waals surface area contributed by atoms with Crippen LogP contribution in [-0.2, 0) is 0 Å². The zero-order valence-corrected chi connectivity index (χ0v) is 15.4. The third kappa shape index (κ3) is 5.84. The van der Waals surface area contributed by atoms with Gasteiger partial charge >= 0.3 is 6.03 Å². The van der Waals surface area contributed by atoms with Crippen LogP contribution < -0.4 is 10.6 Å². The van der Waals surface area contributed by atoms with E-state index in [4.69, 9.17) is 4.42 Å². The largest absolute Gasteiger partial charge is 0.459 e. The number of aromatic nitrogens is 1. The number of carbonyl (C=O) groups is 2. The zero-order chi connectivity index (χ0) is 18.9. The number of carbonyl (C=O) groups excluding carboxylic acids is 2. The van der Waals surface area contributed by atoms with Gasteiger partial charge in [-0.2, -0.15) is 0 Å². The van der Waals surface area contributed by atoms with E-state index in [0.717, 1.165) is 50.9 Å². The first-order valence-electron chi connectivity index (χ1n) is 9.50. The number of likely N-dealkylation sites (tertiary alicyclic amines) is 1. The van der Waals surface area contributed by atoms with Crippen molar-refractivity contribution in [1.82, 2.24) is 15.2 Å². The monoisotopic (exact) mass is 370 g/mol. The maximum absolute atomic E-state index is 12.2. The molecule has 3 amide bonds. The molecule has 2 aromatic heterocycles. The predicted molar refractivity (Wildman–Crippen MR) is 102 cm³/mol. The van der Waals surface area contributed by atoms with E-state index < -0.39 is 0 Å². The Balaban J connectivity index is 1.24. The van der Waals surface area contributed by atoms with Crippen molar-refractivity contribution >= 4 is 17.6 Å². The van der Waals surface area contributed by atoms with Crippen LogP contribution in [0.2, 0.25) is 0 Å². The van der Waals surface area contributed by atoms with Crippen molar-refractivity contribution in [2.75, 3.05) is 25.0 Å². The summed E-state index contributed by atoms with van der Waals surface area (Å²) in [5.41, 5.74) is 0.734. The number of nitrogens with zero attached hydrogens (tertiary/aromatic N) is 2. The molecule has 0 radical (unpaired) electrons. The fourth-order valence-corrected chi connectivity index (χ4v) is 3.36. The van der Waals surface area contributed by atoms with Crippen LogP contribution in [0.15, 0.2) is 47.3 Å². The molecular formula is C20H26N4O3. The van der Waals surface area contributed by atoms with Gasteiger partial charge in [-0.25, -0.2) is 4.79 Å². The number of rotatable bonds is 8. The molecule has 1 aliphatic heterocycles. The Morgan fingerprint density at radius 2 is 2.04 bits per heavy atom. The lowest BCUT2D eigenvalue weighted by molar-refractivity contribution is 0.0755. The maximum Gasteiger partial charge on any atom is 0.319 e. The summed E-state index contributed by atoms with van der Waals surface area (Å²) < 4.78 is 5.19. The fraction of sp³-hybridized carbons (Fsp3) is 0.450. The van der Waals surface area contributed by atoms with E-state index in [9.17, 15) is 9.59 Å². The van der Waals surface area contributed by atoms with Crippen molar-refractivity contribution in [1.29, 1.82) is 0 Å². The minimum absolute atomic E-state index is 0.00749. The van der Waals surface area contributed by atoms with Crippen LogP contribution in [0.3, 0.4) is 0 Å². The first-order chi connectivity index (χ1) is 13.2. The van der Waals surface area contributed by atoms with Crippen LogP contribution in [0, 0.1) is 5.92 Å². The van der Waals surface area contributed by atoms with Gasteiger partial charge in [-0.05, 0) is 49.4 Å². The summed E-state index contributed by atoms with van der Waals surface area (Å²) in [6.07, 6.45) is 10.1. The number of nitrogens with one attached hydrogen (secondary N) is 2. The Kier molecular flexibility index (Phi) is 6.84. The molecule has 7 nitrogen and oxygen atoms in total. The van der Waals surface area contributed by atoms with Crippen LogP contribution in [0.5, 0.6) is 0 Å². The summed E-state index contributed by atoms with van der Waals surface area (Å²) in [7, 11) is 0. The summed E-state index contributed by atoms with van der Waals surface area (Å²) in [5.74, 6) is 0.977. The van der Waals surface area contributed by atoms with Gasteiger partial charge < -0.3 is 20.0 Å². The molecule has 27 heavy (non-hydrogen) atoms. The van der Waals surface area contributed by atoms with E-state index in [0.29, 0.717) is 18.2 Å². The number of unbranched alkanes of at least 4 members (excludes halogenated alkanes) is 2. The highest BCUT2D eigenvalue weighted by molar-refractivity contribution is 5.91. The van der Waals surface area contributed by atoms with E-state index >= 15 is 0 Å². The lowest BCUT2D eigenvalue weighted by Gasteiger charge is -2.15. The Labute approximate surface area is 159 Å². The van der Waals surface area contributed by atoms with Gasteiger partial charge in [-0.3, -0.25) is 9.78 Å². The van der Waals surface area contributed by atoms with E-state index in [1.165, 1.54) is 6.26 Å². The van der Waals surface area contributed by atoms with Crippen molar-refractivity contribution in [3.8, 4) is 0 Å². The van der Waals surface area contributed by atoms with Crippen LogP contribution in [0.1, 0.15) is 42.7 Å². The molecule has 0 spiro atoms. The van der Waals surface area contributed by atoms with Gasteiger partial charge in [0.25, 0.3) is 5.91 Å². The van der Waals surface area contributed by atoms with Gasteiger partial charge in [0.2, 0.25) is 0 Å². The number of anilines is 1. The van der Waals surface area contributed by atoms with Gasteiger partial charge in [0.15, 0.2) is 5.76 Å². The molecule has 1 saturated heterocycles. The molecule has 3 rings (SSSR count). The molecule has 7 heteroatoms. The third-order valence-electron chi connectivity index (χ3n) is 4.82. The van der Waals surface area contributed by atoms with Crippen molar-refractivity contribution in [3.05, 3.63) is 48.7 Å². The lowest BCUT2D eigenvalue weighted by Crippen LogP contribution is -2.29. The Morgan fingerprint density at radius 1 is 1.19 bits per heavy atom. The molecule has 1 aliphatic rings. The van der Waals surface area contributed by atoms with Crippen LogP contribution in [-0.4, -0.2) is 41.5 Å². The Bertz CT molecular complexity index is 718. The van der Waals surface area contributed by atoms with Gasteiger partial charge in [0.05, 0.1) is 6.26 Å². The van der Waals surface area contributed by atoms with Gasteiger partial charge in [0, 0.05) is 37.7 Å². The second kappa shape index (κ2) is 9.75. The SMILES string of the molecule is O=C(NCCCCCC1CCN(C(=O)c2ccco2)C1)Nc1ccncc1. The number of furan rings is 1. The molecule has 0 aliphatic carbocycles. The zero-order valence-electron chi connectivity index (χ0n) is 15.4. The van der Waals surface area contributed by atoms with E-state index in [2.05, 4.69) is 15.6 Å². The molecule has 2 aromatic rings. The second-order valence-corrected chi connectivity index (χ2v) is 6.85. The molecule has 0 aromatic carbocycles. The molecule has 1 atom stereocenters. The number of hydrogen-bond acceptors (Lipinski definition) is 4. The summed E-state index contributed by atoms with van der Waals surface area (Å²) >= 11 is 0. The highest BCUT2D eigenvalue weighted by atomic mass is 16.3. The molecule has 1 fully saturated rings. The molecular weight excluding hydrogens is 344 g/mol. The van der Waals surface area contributed by atoms with E-state index in [1.54, 1.807) is 36.7 Å². The third-order valence-corrected chi connectivity index (χ3v) is 4.82. The lowest BCUT2D eigenvalue weighted by atomic mass is 10.0. The topological polar surface area (TPSA) is 87.5 Å². The van der Waals surface area contributed by atoms with Crippen molar-refractivity contribution in [3.63, 3.8) is 0 Å². The molecule has 3 heterocycles. The van der Waals surface area contributed by atoms with Crippen molar-refractivity contribution in [2.24, 2.45) is 5.92 Å². The summed E-state index contributed by atoms with van der Waals surface area (Å²) in [6.45, 7) is 2.28. The van der Waals surface area contributed by atoms with E-state index in [-0.39, 0.29) is 11.9 Å². The molecule has 144 valence electrons. The summed E-state index contributed by atoms with van der Waals surface area (Å²) in [5, 5.41) is 5.63. The van der Waals surface area contributed by atoms with Gasteiger partial charge in [-0.1, -0.05) is 12.8 Å². The fourth-order valence-electron chi connectivity index (χ4n) is 3.36. The summed E-state index contributed by atoms with van der Waals surface area (Å²) in [6, 6.07) is 6.77. The Hall–Kier alpha value is -2.83. The van der Waals surface area contributed by atoms with Gasteiger partial charge in [-0.15, -0.1) is 0 Å². The maximum atomic E-state index is 12.2. The van der Waals surface area contributed by atoms with E-state index in [1.807, 2.05) is 4.90 Å². The average Bonchev–Trinajstić information content (AvgIpc) is 3.37. The molecule has 0 bridgehead atoms. The predicted octanol–water partition coefficient (Wildman–Crippen LogP) is 3.52. The molecule has 0 saturated carbocycles. The average molecular weight is 370 g/mol. The second-order valence-electron chi connectivity index (χ2n) is 6.85. The minimum Gasteiger partial charge on any atom is -0.459 e. The van der Waals surface area contributed by atoms with Crippen molar-refractivity contribution in [2.45, 2.75) is 32.1 Å². The number of pyridine rings is 1. The number of hydrogen-bond donors (Lipinski definition) is 2. The Morgan fingerprint density at radius 3 is 2.81 bits per heavy atom. The van der Waals surface area contributed by atoms with Gasteiger partial charge in [0.1, 0.15) is 0 Å². The smallest absolute Gasteiger partial charge is 0.319 e. The van der Waals surface area contributed by atoms with Crippen molar-refractivity contribution < 1.29 is 14.0 Å². The quantitative estimate of drug-likeness (QED) is 0.696. The first kappa shape index (κ1) is 18.9. The van der Waals surface area contributed by atoms with Crippen LogP contribution in [0.4, 0.5) is 10.5 Å². The molecule has 2 N–H and O–H groups in total. The highest BCUT2D eigenvalue weighted by Gasteiger charge is 2.27. The minimum atomic E-state index is -0.191. The molecule has 1 unspecified atom stereocenters. The van der Waals surface area contributed by atoms with Crippen LogP contribution >= 0.6 is 0 Å². The highest BCUT2D eigenvalue weighted by Crippen LogP contribution is 2.23. The first-order valence-corrected chi connectivity index (χ1v) is 9.50. The normalized spacial score (nSPS) is 16.3. The summed E-state index contributed by atoms with van der Waals surface area (Å²) in [4.78, 5) is 29.8. The number of amides is 3. The van der Waals surface area contributed by atoms with Crippen LogP contribution in [0.25, 0.3) is 0 Å². The number of urea groups is 1.